The third kappa shape index (κ3) is 6.01. The van der Waals surface area contributed by atoms with Crippen molar-refractivity contribution in [2.75, 3.05) is 6.61 Å². The predicted octanol–water partition coefficient (Wildman–Crippen LogP) is 4.21. The molecular weight excluding hydrogens is 369 g/mol. The molecule has 0 unspecified atom stereocenters. The molecule has 0 aliphatic carbocycles. The lowest BCUT2D eigenvalue weighted by molar-refractivity contribution is -0.148. The van der Waals surface area contributed by atoms with Crippen LogP contribution in [0.2, 0.25) is 0 Å². The molecule has 0 saturated heterocycles. The average Bonchev–Trinajstić information content (AvgIpc) is 2.76. The maximum Gasteiger partial charge on any atom is 0.307 e. The molecule has 3 rings (SSSR count). The molecule has 1 amide bonds. The fourth-order valence-electron chi connectivity index (χ4n) is 3.06. The van der Waals surface area contributed by atoms with Crippen LogP contribution in [0.15, 0.2) is 84.9 Å². The van der Waals surface area contributed by atoms with Crippen molar-refractivity contribution in [3.05, 3.63) is 107 Å². The third-order valence-electron chi connectivity index (χ3n) is 4.57. The highest BCUT2D eigenvalue weighted by molar-refractivity contribution is 5.80. The zero-order valence-corrected chi connectivity index (χ0v) is 15.9. The number of hydrogen-bond acceptors (Lipinski definition) is 3. The Kier molecular flexibility index (Phi) is 7.11. The van der Waals surface area contributed by atoms with Gasteiger partial charge in [0.25, 0.3) is 5.91 Å². The van der Waals surface area contributed by atoms with Crippen LogP contribution in [0.1, 0.15) is 29.0 Å². The van der Waals surface area contributed by atoms with Gasteiger partial charge in [-0.2, -0.15) is 0 Å². The van der Waals surface area contributed by atoms with Crippen LogP contribution >= 0.6 is 0 Å². The Morgan fingerprint density at radius 2 is 1.38 bits per heavy atom. The van der Waals surface area contributed by atoms with Gasteiger partial charge < -0.3 is 10.1 Å². The number of ether oxygens (including phenoxy) is 1. The fraction of sp³-hybridized carbons (Fsp3) is 0.167. The first-order chi connectivity index (χ1) is 14.1. The number of amides is 1. The molecule has 0 radical (unpaired) electrons. The third-order valence-corrected chi connectivity index (χ3v) is 4.57. The SMILES string of the molecule is O=C(COC(=O)CC(c1ccccc1)c1ccccc1)NCc1ccccc1F. The van der Waals surface area contributed by atoms with Crippen LogP contribution < -0.4 is 5.32 Å². The summed E-state index contributed by atoms with van der Waals surface area (Å²) in [6.07, 6.45) is 0.120. The van der Waals surface area contributed by atoms with E-state index < -0.39 is 24.3 Å². The highest BCUT2D eigenvalue weighted by Crippen LogP contribution is 2.28. The van der Waals surface area contributed by atoms with Gasteiger partial charge in [0.05, 0.1) is 6.42 Å². The minimum Gasteiger partial charge on any atom is -0.456 e. The Hall–Kier alpha value is -3.47. The zero-order valence-electron chi connectivity index (χ0n) is 15.9. The van der Waals surface area contributed by atoms with Gasteiger partial charge in [0.15, 0.2) is 6.61 Å². The van der Waals surface area contributed by atoms with Gasteiger partial charge in [-0.1, -0.05) is 78.9 Å². The molecule has 4 nitrogen and oxygen atoms in total. The lowest BCUT2D eigenvalue weighted by Gasteiger charge is -2.17. The first-order valence-corrected chi connectivity index (χ1v) is 9.39. The standard InChI is InChI=1S/C24H22FNO3/c25-22-14-8-7-13-20(22)16-26-23(27)17-29-24(28)15-21(18-9-3-1-4-10-18)19-11-5-2-6-12-19/h1-14,21H,15-17H2,(H,26,27). The van der Waals surface area contributed by atoms with Gasteiger partial charge in [-0.3, -0.25) is 9.59 Å². The van der Waals surface area contributed by atoms with E-state index in [-0.39, 0.29) is 18.9 Å². The monoisotopic (exact) mass is 391 g/mol. The first kappa shape index (κ1) is 20.3. The Labute approximate surface area is 169 Å². The van der Waals surface area contributed by atoms with Crippen LogP contribution in [0.3, 0.4) is 0 Å². The van der Waals surface area contributed by atoms with Gasteiger partial charge in [-0.25, -0.2) is 4.39 Å². The van der Waals surface area contributed by atoms with Crippen LogP contribution in [0, 0.1) is 5.82 Å². The van der Waals surface area contributed by atoms with Crippen molar-refractivity contribution in [3.63, 3.8) is 0 Å². The average molecular weight is 391 g/mol. The lowest BCUT2D eigenvalue weighted by atomic mass is 9.89. The van der Waals surface area contributed by atoms with Crippen molar-refractivity contribution in [2.45, 2.75) is 18.9 Å². The summed E-state index contributed by atoms with van der Waals surface area (Å²) in [5.41, 5.74) is 2.37. The highest BCUT2D eigenvalue weighted by atomic mass is 19.1. The number of carbonyl (C=O) groups excluding carboxylic acids is 2. The number of rotatable bonds is 8. The van der Waals surface area contributed by atoms with E-state index in [1.807, 2.05) is 60.7 Å². The topological polar surface area (TPSA) is 55.4 Å². The zero-order chi connectivity index (χ0) is 20.5. The molecule has 5 heteroatoms. The second-order valence-corrected chi connectivity index (χ2v) is 6.61. The molecule has 0 heterocycles. The Bertz CT molecular complexity index is 905. The molecule has 29 heavy (non-hydrogen) atoms. The van der Waals surface area contributed by atoms with E-state index in [1.165, 1.54) is 6.07 Å². The predicted molar refractivity (Wildman–Crippen MR) is 109 cm³/mol. The maximum absolute atomic E-state index is 13.6. The van der Waals surface area contributed by atoms with E-state index >= 15 is 0 Å². The number of hydrogen-bond donors (Lipinski definition) is 1. The van der Waals surface area contributed by atoms with Gasteiger partial charge in [0.2, 0.25) is 0 Å². The minimum atomic E-state index is -0.474. The summed E-state index contributed by atoms with van der Waals surface area (Å²) < 4.78 is 18.7. The summed E-state index contributed by atoms with van der Waals surface area (Å²) in [6, 6.07) is 25.6. The molecule has 0 aliphatic heterocycles. The summed E-state index contributed by atoms with van der Waals surface area (Å²) in [4.78, 5) is 24.3. The van der Waals surface area contributed by atoms with Gasteiger partial charge in [0, 0.05) is 18.0 Å². The lowest BCUT2D eigenvalue weighted by Crippen LogP contribution is -2.29. The van der Waals surface area contributed by atoms with Crippen molar-refractivity contribution in [3.8, 4) is 0 Å². The van der Waals surface area contributed by atoms with E-state index in [4.69, 9.17) is 4.74 Å². The fourth-order valence-corrected chi connectivity index (χ4v) is 3.06. The van der Waals surface area contributed by atoms with E-state index in [2.05, 4.69) is 5.32 Å². The molecule has 0 aromatic heterocycles. The van der Waals surface area contributed by atoms with Crippen molar-refractivity contribution in [1.82, 2.24) is 5.32 Å². The largest absolute Gasteiger partial charge is 0.456 e. The highest BCUT2D eigenvalue weighted by Gasteiger charge is 2.19. The number of benzene rings is 3. The molecule has 0 fully saturated rings. The summed E-state index contributed by atoms with van der Waals surface area (Å²) in [5, 5.41) is 2.56. The Morgan fingerprint density at radius 3 is 1.97 bits per heavy atom. The molecule has 0 atom stereocenters. The molecule has 1 N–H and O–H groups in total. The summed E-state index contributed by atoms with van der Waals surface area (Å²) in [5.74, 6) is -1.49. The van der Waals surface area contributed by atoms with E-state index in [0.29, 0.717) is 5.56 Å². The second-order valence-electron chi connectivity index (χ2n) is 6.61. The van der Waals surface area contributed by atoms with E-state index in [1.54, 1.807) is 18.2 Å². The number of carbonyl (C=O) groups is 2. The van der Waals surface area contributed by atoms with E-state index in [9.17, 15) is 14.0 Å². The van der Waals surface area contributed by atoms with Crippen LogP contribution in [0.4, 0.5) is 4.39 Å². The number of halogens is 1. The molecule has 3 aromatic carbocycles. The molecule has 3 aromatic rings. The molecule has 0 saturated carbocycles. The molecular formula is C24H22FNO3. The smallest absolute Gasteiger partial charge is 0.307 e. The summed E-state index contributed by atoms with van der Waals surface area (Å²) in [7, 11) is 0. The van der Waals surface area contributed by atoms with Crippen LogP contribution in [-0.2, 0) is 20.9 Å². The van der Waals surface area contributed by atoms with Crippen molar-refractivity contribution >= 4 is 11.9 Å². The summed E-state index contributed by atoms with van der Waals surface area (Å²) >= 11 is 0. The molecule has 0 bridgehead atoms. The second kappa shape index (κ2) is 10.2. The quantitative estimate of drug-likeness (QED) is 0.586. The van der Waals surface area contributed by atoms with Crippen molar-refractivity contribution in [1.29, 1.82) is 0 Å². The number of nitrogens with one attached hydrogen (secondary N) is 1. The normalized spacial score (nSPS) is 10.6. The van der Waals surface area contributed by atoms with Gasteiger partial charge in [-0.15, -0.1) is 0 Å². The van der Waals surface area contributed by atoms with Gasteiger partial charge in [-0.05, 0) is 17.2 Å². The van der Waals surface area contributed by atoms with Crippen LogP contribution in [0.5, 0.6) is 0 Å². The van der Waals surface area contributed by atoms with Crippen molar-refractivity contribution < 1.29 is 18.7 Å². The van der Waals surface area contributed by atoms with E-state index in [0.717, 1.165) is 11.1 Å². The first-order valence-electron chi connectivity index (χ1n) is 9.39. The number of esters is 1. The summed E-state index contributed by atoms with van der Waals surface area (Å²) in [6.45, 7) is -0.358. The maximum atomic E-state index is 13.6. The molecule has 0 aliphatic rings. The van der Waals surface area contributed by atoms with Crippen LogP contribution in [-0.4, -0.2) is 18.5 Å². The molecule has 148 valence electrons. The van der Waals surface area contributed by atoms with Gasteiger partial charge >= 0.3 is 5.97 Å². The minimum absolute atomic E-state index is 0.0414. The Morgan fingerprint density at radius 1 is 0.828 bits per heavy atom. The molecule has 0 spiro atoms. The Balaban J connectivity index is 1.55. The van der Waals surface area contributed by atoms with Crippen molar-refractivity contribution in [2.24, 2.45) is 0 Å². The van der Waals surface area contributed by atoms with Crippen LogP contribution in [0.25, 0.3) is 0 Å². The van der Waals surface area contributed by atoms with Gasteiger partial charge in [0.1, 0.15) is 5.82 Å².